The molecule has 2 rings (SSSR count). The fourth-order valence-corrected chi connectivity index (χ4v) is 2.19. The second-order valence-electron chi connectivity index (χ2n) is 4.61. The minimum absolute atomic E-state index is 0.172. The molecule has 1 aromatic heterocycles. The maximum Gasteiger partial charge on any atom is 0.267 e. The molecular formula is C14H15BrN4O2. The van der Waals surface area contributed by atoms with Crippen LogP contribution >= 0.6 is 15.9 Å². The lowest BCUT2D eigenvalue weighted by Gasteiger charge is -2.09. The Balaban J connectivity index is 1.99. The molecule has 1 aromatic carbocycles. The Morgan fingerprint density at radius 1 is 1.48 bits per heavy atom. The van der Waals surface area contributed by atoms with Crippen molar-refractivity contribution in [3.05, 3.63) is 51.1 Å². The van der Waals surface area contributed by atoms with Gasteiger partial charge in [-0.1, -0.05) is 0 Å². The molecule has 0 spiro atoms. The van der Waals surface area contributed by atoms with E-state index in [-0.39, 0.29) is 24.4 Å². The number of hydrogen-bond acceptors (Lipinski definition) is 4. The van der Waals surface area contributed by atoms with E-state index in [9.17, 15) is 9.59 Å². The fraction of sp³-hybridized carbons (Fsp3) is 0.214. The number of aromatic nitrogens is 2. The molecule has 0 unspecified atom stereocenters. The summed E-state index contributed by atoms with van der Waals surface area (Å²) in [5, 5.41) is 2.80. The van der Waals surface area contributed by atoms with Gasteiger partial charge in [0, 0.05) is 30.5 Å². The lowest BCUT2D eigenvalue weighted by atomic mass is 10.2. The number of nitrogen functional groups attached to an aromatic ring is 1. The van der Waals surface area contributed by atoms with Gasteiger partial charge < -0.3 is 11.1 Å². The number of carbonyl (C=O) groups is 1. The summed E-state index contributed by atoms with van der Waals surface area (Å²) in [6.07, 6.45) is 3.02. The predicted octanol–water partition coefficient (Wildman–Crippen LogP) is 1.93. The Kier molecular flexibility index (Phi) is 4.74. The quantitative estimate of drug-likeness (QED) is 0.824. The van der Waals surface area contributed by atoms with E-state index in [1.807, 2.05) is 6.92 Å². The van der Waals surface area contributed by atoms with Crippen LogP contribution in [0, 0.1) is 6.92 Å². The molecule has 0 aliphatic rings. The number of halogens is 1. The SMILES string of the molecule is Cc1cc(N)ccc1NC(=O)CCn1cncc(Br)c1=O. The fourth-order valence-electron chi connectivity index (χ4n) is 1.85. The Labute approximate surface area is 130 Å². The van der Waals surface area contributed by atoms with Crippen molar-refractivity contribution in [2.24, 2.45) is 0 Å². The van der Waals surface area contributed by atoms with Gasteiger partial charge in [0.05, 0.1) is 6.33 Å². The highest BCUT2D eigenvalue weighted by Gasteiger charge is 2.07. The predicted molar refractivity (Wildman–Crippen MR) is 85.0 cm³/mol. The molecule has 6 nitrogen and oxygen atoms in total. The third-order valence-corrected chi connectivity index (χ3v) is 3.51. The molecule has 0 aliphatic carbocycles. The second-order valence-corrected chi connectivity index (χ2v) is 5.47. The highest BCUT2D eigenvalue weighted by molar-refractivity contribution is 9.10. The van der Waals surface area contributed by atoms with Crippen molar-refractivity contribution < 1.29 is 4.79 Å². The van der Waals surface area contributed by atoms with Gasteiger partial charge in [0.1, 0.15) is 4.47 Å². The molecule has 1 amide bonds. The molecule has 0 radical (unpaired) electrons. The molecule has 21 heavy (non-hydrogen) atoms. The number of rotatable bonds is 4. The molecule has 7 heteroatoms. The van der Waals surface area contributed by atoms with Gasteiger partial charge in [-0.15, -0.1) is 0 Å². The number of aryl methyl sites for hydroxylation is 2. The molecule has 3 N–H and O–H groups in total. The van der Waals surface area contributed by atoms with Gasteiger partial charge in [-0.3, -0.25) is 14.2 Å². The minimum atomic E-state index is -0.207. The molecule has 0 bridgehead atoms. The molecule has 1 heterocycles. The van der Waals surface area contributed by atoms with Crippen LogP contribution in [0.1, 0.15) is 12.0 Å². The summed E-state index contributed by atoms with van der Waals surface area (Å²) in [5.41, 5.74) is 7.71. The van der Waals surface area contributed by atoms with E-state index >= 15 is 0 Å². The van der Waals surface area contributed by atoms with E-state index in [0.717, 1.165) is 5.56 Å². The maximum absolute atomic E-state index is 11.9. The summed E-state index contributed by atoms with van der Waals surface area (Å²) >= 11 is 3.11. The molecule has 0 saturated carbocycles. The van der Waals surface area contributed by atoms with Crippen LogP contribution in [0.15, 0.2) is 40.0 Å². The van der Waals surface area contributed by atoms with Gasteiger partial charge in [0.15, 0.2) is 0 Å². The molecule has 0 atom stereocenters. The van der Waals surface area contributed by atoms with Crippen molar-refractivity contribution in [3.63, 3.8) is 0 Å². The van der Waals surface area contributed by atoms with Crippen LogP contribution in [-0.4, -0.2) is 15.5 Å². The Bertz CT molecular complexity index is 727. The number of nitrogens with one attached hydrogen (secondary N) is 1. The first-order valence-corrected chi connectivity index (χ1v) is 7.12. The number of nitrogens with two attached hydrogens (primary N) is 1. The zero-order chi connectivity index (χ0) is 15.4. The first kappa shape index (κ1) is 15.2. The molecule has 0 aliphatic heterocycles. The molecule has 0 saturated heterocycles. The molecule has 2 aromatic rings. The zero-order valence-electron chi connectivity index (χ0n) is 11.5. The van der Waals surface area contributed by atoms with Gasteiger partial charge in [0.2, 0.25) is 5.91 Å². The monoisotopic (exact) mass is 350 g/mol. The summed E-state index contributed by atoms with van der Waals surface area (Å²) in [7, 11) is 0. The van der Waals surface area contributed by atoms with Crippen molar-refractivity contribution in [1.82, 2.24) is 9.55 Å². The van der Waals surface area contributed by atoms with Crippen molar-refractivity contribution >= 4 is 33.2 Å². The van der Waals surface area contributed by atoms with Gasteiger partial charge >= 0.3 is 0 Å². The van der Waals surface area contributed by atoms with Gasteiger partial charge in [-0.05, 0) is 46.6 Å². The van der Waals surface area contributed by atoms with Crippen LogP contribution in [0.25, 0.3) is 0 Å². The van der Waals surface area contributed by atoms with Gasteiger partial charge in [-0.25, -0.2) is 4.98 Å². The van der Waals surface area contributed by atoms with Crippen molar-refractivity contribution in [2.75, 3.05) is 11.1 Å². The van der Waals surface area contributed by atoms with E-state index in [2.05, 4.69) is 26.2 Å². The number of hydrogen-bond donors (Lipinski definition) is 2. The summed E-state index contributed by atoms with van der Waals surface area (Å²) in [4.78, 5) is 27.6. The van der Waals surface area contributed by atoms with E-state index in [1.165, 1.54) is 17.1 Å². The van der Waals surface area contributed by atoms with Gasteiger partial charge in [0.25, 0.3) is 5.56 Å². The Hall–Kier alpha value is -2.15. The number of anilines is 2. The van der Waals surface area contributed by atoms with E-state index in [0.29, 0.717) is 15.8 Å². The lowest BCUT2D eigenvalue weighted by molar-refractivity contribution is -0.116. The smallest absolute Gasteiger partial charge is 0.267 e. The van der Waals surface area contributed by atoms with Crippen LogP contribution in [0.5, 0.6) is 0 Å². The highest BCUT2D eigenvalue weighted by atomic mass is 79.9. The van der Waals surface area contributed by atoms with E-state index < -0.39 is 0 Å². The zero-order valence-corrected chi connectivity index (χ0v) is 13.1. The van der Waals surface area contributed by atoms with Crippen LogP contribution in [-0.2, 0) is 11.3 Å². The average molecular weight is 351 g/mol. The van der Waals surface area contributed by atoms with Gasteiger partial charge in [-0.2, -0.15) is 0 Å². The van der Waals surface area contributed by atoms with E-state index in [1.54, 1.807) is 18.2 Å². The summed E-state index contributed by atoms with van der Waals surface area (Å²) in [5.74, 6) is -0.172. The Morgan fingerprint density at radius 2 is 2.24 bits per heavy atom. The first-order chi connectivity index (χ1) is 9.97. The van der Waals surface area contributed by atoms with Crippen LogP contribution < -0.4 is 16.6 Å². The minimum Gasteiger partial charge on any atom is -0.399 e. The largest absolute Gasteiger partial charge is 0.399 e. The molecule has 110 valence electrons. The number of benzene rings is 1. The number of amides is 1. The average Bonchev–Trinajstić information content (AvgIpc) is 2.43. The maximum atomic E-state index is 11.9. The normalized spacial score (nSPS) is 10.4. The summed E-state index contributed by atoms with van der Waals surface area (Å²) < 4.78 is 1.76. The topological polar surface area (TPSA) is 90.0 Å². The van der Waals surface area contributed by atoms with Crippen molar-refractivity contribution in [3.8, 4) is 0 Å². The first-order valence-electron chi connectivity index (χ1n) is 6.33. The second kappa shape index (κ2) is 6.53. The van der Waals surface area contributed by atoms with Crippen molar-refractivity contribution in [2.45, 2.75) is 19.9 Å². The number of nitrogens with zero attached hydrogens (tertiary/aromatic N) is 2. The van der Waals surface area contributed by atoms with Crippen LogP contribution in [0.4, 0.5) is 11.4 Å². The third kappa shape index (κ3) is 3.91. The lowest BCUT2D eigenvalue weighted by Crippen LogP contribution is -2.23. The third-order valence-electron chi connectivity index (χ3n) is 2.96. The molecular weight excluding hydrogens is 336 g/mol. The van der Waals surface area contributed by atoms with Crippen LogP contribution in [0.3, 0.4) is 0 Å². The van der Waals surface area contributed by atoms with E-state index in [4.69, 9.17) is 5.73 Å². The summed E-state index contributed by atoms with van der Waals surface area (Å²) in [6, 6.07) is 5.28. The highest BCUT2D eigenvalue weighted by Crippen LogP contribution is 2.17. The Morgan fingerprint density at radius 3 is 2.95 bits per heavy atom. The molecule has 0 fully saturated rings. The summed E-state index contributed by atoms with van der Waals surface area (Å²) in [6.45, 7) is 2.14. The van der Waals surface area contributed by atoms with Crippen LogP contribution in [0.2, 0.25) is 0 Å². The standard InChI is InChI=1S/C14H15BrN4O2/c1-9-6-10(16)2-3-12(9)18-13(20)4-5-19-8-17-7-11(15)14(19)21/h2-3,6-8H,4-5,16H2,1H3,(H,18,20). The number of carbonyl (C=O) groups excluding carboxylic acids is 1. The van der Waals surface area contributed by atoms with Crippen molar-refractivity contribution in [1.29, 1.82) is 0 Å².